The van der Waals surface area contributed by atoms with Gasteiger partial charge in [-0.3, -0.25) is 20.4 Å². The molecule has 0 aliphatic carbocycles. The first-order valence-electron chi connectivity index (χ1n) is 7.55. The van der Waals surface area contributed by atoms with Crippen LogP contribution in [0, 0.1) is 5.92 Å². The van der Waals surface area contributed by atoms with Crippen molar-refractivity contribution in [3.05, 3.63) is 0 Å². The maximum absolute atomic E-state index is 11.7. The van der Waals surface area contributed by atoms with E-state index in [9.17, 15) is 18.0 Å². The molecule has 0 unspecified atom stereocenters. The summed E-state index contributed by atoms with van der Waals surface area (Å²) in [6.45, 7) is 1.88. The molecule has 2 rings (SSSR count). The number of thiocarbonyl (C=S) groups is 1. The topological polar surface area (TPSA) is 95.6 Å². The quantitative estimate of drug-likeness (QED) is 0.527. The third-order valence-electron chi connectivity index (χ3n) is 3.83. The molecule has 7 nitrogen and oxygen atoms in total. The van der Waals surface area contributed by atoms with Crippen LogP contribution in [-0.4, -0.2) is 59.8 Å². The van der Waals surface area contributed by atoms with Crippen LogP contribution in [0.15, 0.2) is 0 Å². The Morgan fingerprint density at radius 1 is 1.17 bits per heavy atom. The first-order chi connectivity index (χ1) is 10.9. The number of amides is 2. The molecular weight excluding hydrogens is 358 g/mol. The van der Waals surface area contributed by atoms with E-state index in [-0.39, 0.29) is 41.4 Å². The zero-order valence-corrected chi connectivity index (χ0v) is 15.2. The van der Waals surface area contributed by atoms with E-state index in [1.807, 2.05) is 0 Å². The van der Waals surface area contributed by atoms with Gasteiger partial charge < -0.3 is 4.90 Å². The van der Waals surface area contributed by atoms with E-state index in [1.165, 1.54) is 11.8 Å². The largest absolute Gasteiger partial charge is 0.358 e. The molecule has 0 aromatic heterocycles. The summed E-state index contributed by atoms with van der Waals surface area (Å²) in [5, 5.41) is 0. The van der Waals surface area contributed by atoms with Crippen LogP contribution in [0.5, 0.6) is 0 Å². The van der Waals surface area contributed by atoms with E-state index in [1.54, 1.807) is 0 Å². The van der Waals surface area contributed by atoms with Gasteiger partial charge in [-0.05, 0) is 25.2 Å². The normalized spacial score (nSPS) is 22.8. The predicted molar refractivity (Wildman–Crippen MR) is 93.5 cm³/mol. The number of thioether (sulfide) groups is 1. The van der Waals surface area contributed by atoms with Crippen molar-refractivity contribution in [2.75, 3.05) is 30.3 Å². The summed E-state index contributed by atoms with van der Waals surface area (Å²) in [6, 6.07) is 0. The van der Waals surface area contributed by atoms with Crippen molar-refractivity contribution in [3.8, 4) is 0 Å². The van der Waals surface area contributed by atoms with Gasteiger partial charge in [-0.2, -0.15) is 0 Å². The van der Waals surface area contributed by atoms with Gasteiger partial charge >= 0.3 is 0 Å². The van der Waals surface area contributed by atoms with Crippen LogP contribution in [0.25, 0.3) is 0 Å². The molecule has 2 N–H and O–H groups in total. The van der Waals surface area contributed by atoms with Crippen LogP contribution in [-0.2, 0) is 19.4 Å². The molecule has 2 aliphatic rings. The smallest absolute Gasteiger partial charge is 0.248 e. The van der Waals surface area contributed by atoms with Gasteiger partial charge in [-0.1, -0.05) is 24.0 Å². The molecule has 0 spiro atoms. The number of carbonyl (C=O) groups is 2. The highest BCUT2D eigenvalue weighted by atomic mass is 32.2. The summed E-state index contributed by atoms with van der Waals surface area (Å²) in [5.41, 5.74) is 4.66. The second kappa shape index (κ2) is 8.29. The maximum atomic E-state index is 11.7. The number of hydrogen-bond acceptors (Lipinski definition) is 6. The molecule has 0 saturated carbocycles. The van der Waals surface area contributed by atoms with E-state index in [0.717, 1.165) is 25.9 Å². The van der Waals surface area contributed by atoms with E-state index in [2.05, 4.69) is 15.8 Å². The Hall–Kier alpha value is -0.870. The molecule has 10 heteroatoms. The molecular formula is C13H21N3O4S3. The minimum Gasteiger partial charge on any atom is -0.358 e. The van der Waals surface area contributed by atoms with Crippen molar-refractivity contribution in [3.63, 3.8) is 0 Å². The van der Waals surface area contributed by atoms with E-state index < -0.39 is 9.84 Å². The number of sulfone groups is 1. The van der Waals surface area contributed by atoms with Crippen molar-refractivity contribution in [1.82, 2.24) is 15.8 Å². The Bertz CT molecular complexity index is 573. The standard InChI is InChI=1S/C13H21N3O4S3/c17-11(7-10-3-6-23(19,20)9-10)14-15-12(18)8-22-13(21)16-4-1-2-5-16/h10H,1-9H2,(H,14,17)(H,15,18)/t10-/m0/s1. The number of rotatable bonds is 4. The van der Waals surface area contributed by atoms with Gasteiger partial charge in [0.15, 0.2) is 9.84 Å². The molecule has 130 valence electrons. The van der Waals surface area contributed by atoms with Crippen molar-refractivity contribution in [2.45, 2.75) is 25.7 Å². The molecule has 1 atom stereocenters. The third kappa shape index (κ3) is 6.27. The molecule has 0 radical (unpaired) electrons. The zero-order valence-electron chi connectivity index (χ0n) is 12.7. The monoisotopic (exact) mass is 379 g/mol. The Labute approximate surface area is 145 Å². The molecule has 2 heterocycles. The molecule has 23 heavy (non-hydrogen) atoms. The number of nitrogens with zero attached hydrogens (tertiary/aromatic N) is 1. The van der Waals surface area contributed by atoms with Crippen LogP contribution >= 0.6 is 24.0 Å². The highest BCUT2D eigenvalue weighted by Gasteiger charge is 2.29. The van der Waals surface area contributed by atoms with Crippen molar-refractivity contribution >= 4 is 50.0 Å². The Kier molecular flexibility index (Phi) is 6.66. The Morgan fingerprint density at radius 3 is 2.43 bits per heavy atom. The van der Waals surface area contributed by atoms with Crippen LogP contribution < -0.4 is 10.9 Å². The first kappa shape index (κ1) is 18.5. The number of nitrogens with one attached hydrogen (secondary N) is 2. The van der Waals surface area contributed by atoms with Crippen LogP contribution in [0.4, 0.5) is 0 Å². The van der Waals surface area contributed by atoms with Crippen LogP contribution in [0.3, 0.4) is 0 Å². The SMILES string of the molecule is O=C(CSC(=S)N1CCCC1)NNC(=O)C[C@@H]1CCS(=O)(=O)C1. The summed E-state index contributed by atoms with van der Waals surface area (Å²) in [4.78, 5) is 25.5. The van der Waals surface area contributed by atoms with E-state index in [4.69, 9.17) is 12.2 Å². The Morgan fingerprint density at radius 2 is 1.83 bits per heavy atom. The molecule has 2 aliphatic heterocycles. The number of likely N-dealkylation sites (tertiary alicyclic amines) is 1. The predicted octanol–water partition coefficient (Wildman–Crippen LogP) is 0.0725. The fourth-order valence-corrected chi connectivity index (χ4v) is 5.55. The van der Waals surface area contributed by atoms with Gasteiger partial charge in [0, 0.05) is 19.5 Å². The average Bonchev–Trinajstić information content (AvgIpc) is 3.12. The molecule has 2 fully saturated rings. The molecule has 0 aromatic carbocycles. The molecule has 0 aromatic rings. The highest BCUT2D eigenvalue weighted by molar-refractivity contribution is 8.23. The number of carbonyl (C=O) groups excluding carboxylic acids is 2. The van der Waals surface area contributed by atoms with Crippen molar-refractivity contribution in [2.24, 2.45) is 5.92 Å². The Balaban J connectivity index is 1.60. The van der Waals surface area contributed by atoms with E-state index >= 15 is 0 Å². The summed E-state index contributed by atoms with van der Waals surface area (Å²) < 4.78 is 23.4. The van der Waals surface area contributed by atoms with Gasteiger partial charge in [0.05, 0.1) is 17.3 Å². The van der Waals surface area contributed by atoms with E-state index in [0.29, 0.717) is 10.7 Å². The zero-order chi connectivity index (χ0) is 16.9. The van der Waals surface area contributed by atoms with Crippen LogP contribution in [0.2, 0.25) is 0 Å². The number of hydrazine groups is 1. The summed E-state index contributed by atoms with van der Waals surface area (Å²) in [6.07, 6.45) is 2.86. The fraction of sp³-hybridized carbons (Fsp3) is 0.769. The van der Waals surface area contributed by atoms with Crippen LogP contribution in [0.1, 0.15) is 25.7 Å². The lowest BCUT2D eigenvalue weighted by Gasteiger charge is -2.17. The van der Waals surface area contributed by atoms with Crippen molar-refractivity contribution in [1.29, 1.82) is 0 Å². The second-order valence-electron chi connectivity index (χ2n) is 5.82. The minimum absolute atomic E-state index is 0.0499. The molecule has 2 saturated heterocycles. The van der Waals surface area contributed by atoms with Gasteiger partial charge in [0.1, 0.15) is 4.32 Å². The fourth-order valence-electron chi connectivity index (χ4n) is 2.64. The summed E-state index contributed by atoms with van der Waals surface area (Å²) in [5.74, 6) is -0.519. The lowest BCUT2D eigenvalue weighted by molar-refractivity contribution is -0.128. The summed E-state index contributed by atoms with van der Waals surface area (Å²) >= 11 is 6.53. The molecule has 2 amide bonds. The third-order valence-corrected chi connectivity index (χ3v) is 7.19. The summed E-state index contributed by atoms with van der Waals surface area (Å²) in [7, 11) is -2.99. The van der Waals surface area contributed by atoms with Gasteiger partial charge in [-0.15, -0.1) is 0 Å². The second-order valence-corrected chi connectivity index (χ2v) is 9.66. The van der Waals surface area contributed by atoms with Crippen molar-refractivity contribution < 1.29 is 18.0 Å². The lowest BCUT2D eigenvalue weighted by Crippen LogP contribution is -2.43. The van der Waals surface area contributed by atoms with Gasteiger partial charge in [-0.25, -0.2) is 8.42 Å². The lowest BCUT2D eigenvalue weighted by atomic mass is 10.1. The average molecular weight is 380 g/mol. The maximum Gasteiger partial charge on any atom is 0.248 e. The first-order valence-corrected chi connectivity index (χ1v) is 10.8. The highest BCUT2D eigenvalue weighted by Crippen LogP contribution is 2.21. The van der Waals surface area contributed by atoms with Gasteiger partial charge in [0.25, 0.3) is 0 Å². The van der Waals surface area contributed by atoms with Gasteiger partial charge in [0.2, 0.25) is 11.8 Å². The minimum atomic E-state index is -2.99. The number of hydrogen-bond donors (Lipinski definition) is 2. The molecule has 0 bridgehead atoms.